The van der Waals surface area contributed by atoms with Crippen LogP contribution in [0.15, 0.2) is 79.0 Å². The van der Waals surface area contributed by atoms with Crippen LogP contribution < -0.4 is 10.1 Å². The zero-order valence-corrected chi connectivity index (χ0v) is 17.4. The Labute approximate surface area is 184 Å². The van der Waals surface area contributed by atoms with Gasteiger partial charge >= 0.3 is 0 Å². The highest BCUT2D eigenvalue weighted by molar-refractivity contribution is 6.31. The molecule has 0 radical (unpaired) electrons. The molecule has 0 atom stereocenters. The summed E-state index contributed by atoms with van der Waals surface area (Å²) in [5.41, 5.74) is 3.12. The van der Waals surface area contributed by atoms with Gasteiger partial charge < -0.3 is 10.1 Å². The van der Waals surface area contributed by atoms with Crippen molar-refractivity contribution >= 4 is 23.2 Å². The third kappa shape index (κ3) is 4.92. The van der Waals surface area contributed by atoms with Crippen molar-refractivity contribution in [1.29, 1.82) is 0 Å². The highest BCUT2D eigenvalue weighted by atomic mass is 35.5. The first kappa shape index (κ1) is 20.6. The van der Waals surface area contributed by atoms with Crippen LogP contribution in [0.25, 0.3) is 5.69 Å². The fraction of sp³-hybridized carbons (Fsp3) is 0.0833. The summed E-state index contributed by atoms with van der Waals surface area (Å²) in [6, 6.07) is 20.7. The number of ether oxygens (including phenoxy) is 1. The van der Waals surface area contributed by atoms with Gasteiger partial charge in [0.2, 0.25) is 0 Å². The summed E-state index contributed by atoms with van der Waals surface area (Å²) in [6.45, 7) is 2.15. The Kier molecular flexibility index (Phi) is 6.00. The summed E-state index contributed by atoms with van der Waals surface area (Å²) in [4.78, 5) is 13.0. The molecule has 31 heavy (non-hydrogen) atoms. The third-order valence-corrected chi connectivity index (χ3v) is 5.06. The number of aryl methyl sites for hydroxylation is 1. The summed E-state index contributed by atoms with van der Waals surface area (Å²) in [6.07, 6.45) is 1.60. The van der Waals surface area contributed by atoms with Crippen LogP contribution in [-0.4, -0.2) is 15.7 Å². The Hall–Kier alpha value is -3.64. The highest BCUT2D eigenvalue weighted by Crippen LogP contribution is 2.24. The number of halogens is 2. The smallest absolute Gasteiger partial charge is 0.280 e. The number of benzene rings is 3. The average Bonchev–Trinajstić information content (AvgIpc) is 3.20. The number of hydrogen-bond donors (Lipinski definition) is 1. The van der Waals surface area contributed by atoms with Gasteiger partial charge in [-0.15, -0.1) is 0 Å². The molecule has 4 rings (SSSR count). The van der Waals surface area contributed by atoms with Crippen molar-refractivity contribution in [3.8, 4) is 11.4 Å². The quantitative estimate of drug-likeness (QED) is 0.416. The maximum Gasteiger partial charge on any atom is 0.280 e. The predicted octanol–water partition coefficient (Wildman–Crippen LogP) is 5.80. The van der Waals surface area contributed by atoms with Gasteiger partial charge in [-0.2, -0.15) is 5.10 Å². The summed E-state index contributed by atoms with van der Waals surface area (Å²) in [7, 11) is 0. The van der Waals surface area contributed by atoms with Gasteiger partial charge in [-0.25, -0.2) is 9.07 Å². The molecule has 0 aliphatic heterocycles. The zero-order chi connectivity index (χ0) is 21.8. The Morgan fingerprint density at radius 3 is 2.55 bits per heavy atom. The van der Waals surface area contributed by atoms with E-state index in [1.54, 1.807) is 30.5 Å². The average molecular weight is 436 g/mol. The Balaban J connectivity index is 1.63. The van der Waals surface area contributed by atoms with E-state index >= 15 is 0 Å². The monoisotopic (exact) mass is 435 g/mol. The zero-order valence-electron chi connectivity index (χ0n) is 16.7. The van der Waals surface area contributed by atoms with Crippen molar-refractivity contribution in [2.24, 2.45) is 0 Å². The van der Waals surface area contributed by atoms with Crippen molar-refractivity contribution in [3.05, 3.63) is 107 Å². The van der Waals surface area contributed by atoms with E-state index in [4.69, 9.17) is 16.3 Å². The second-order valence-corrected chi connectivity index (χ2v) is 7.36. The molecule has 3 aromatic carbocycles. The fourth-order valence-corrected chi connectivity index (χ4v) is 3.12. The molecule has 156 valence electrons. The number of amides is 1. The number of anilines is 1. The van der Waals surface area contributed by atoms with E-state index in [1.165, 1.54) is 16.8 Å². The van der Waals surface area contributed by atoms with Gasteiger partial charge in [-0.05, 0) is 54.4 Å². The lowest BCUT2D eigenvalue weighted by atomic mass is 10.2. The molecule has 4 aromatic rings. The Morgan fingerprint density at radius 2 is 1.84 bits per heavy atom. The molecule has 7 heteroatoms. The summed E-state index contributed by atoms with van der Waals surface area (Å²) < 4.78 is 20.7. The van der Waals surface area contributed by atoms with E-state index in [1.807, 2.05) is 43.3 Å². The predicted molar refractivity (Wildman–Crippen MR) is 118 cm³/mol. The van der Waals surface area contributed by atoms with Crippen LogP contribution in [0.1, 0.15) is 21.6 Å². The normalized spacial score (nSPS) is 10.7. The summed E-state index contributed by atoms with van der Waals surface area (Å²) in [5, 5.41) is 7.73. The topological polar surface area (TPSA) is 56.2 Å². The first-order valence-electron chi connectivity index (χ1n) is 9.59. The van der Waals surface area contributed by atoms with Crippen molar-refractivity contribution in [1.82, 2.24) is 9.78 Å². The molecule has 0 fully saturated rings. The van der Waals surface area contributed by atoms with Crippen LogP contribution in [0.5, 0.6) is 5.75 Å². The molecule has 0 spiro atoms. The minimum atomic E-state index is -0.441. The van der Waals surface area contributed by atoms with Crippen LogP contribution in [0.2, 0.25) is 5.02 Å². The summed E-state index contributed by atoms with van der Waals surface area (Å²) >= 11 is 6.16. The first-order valence-corrected chi connectivity index (χ1v) is 9.97. The Morgan fingerprint density at radius 1 is 1.10 bits per heavy atom. The lowest BCUT2D eigenvalue weighted by Gasteiger charge is -2.08. The van der Waals surface area contributed by atoms with Crippen LogP contribution >= 0.6 is 11.6 Å². The molecule has 0 bridgehead atoms. The van der Waals surface area contributed by atoms with Gasteiger partial charge in [0.25, 0.3) is 5.91 Å². The number of carbonyl (C=O) groups is 1. The summed E-state index contributed by atoms with van der Waals surface area (Å²) in [5.74, 6) is -0.488. The van der Waals surface area contributed by atoms with Crippen LogP contribution in [0, 0.1) is 12.7 Å². The first-order chi connectivity index (χ1) is 15.0. The maximum atomic E-state index is 13.3. The fourth-order valence-electron chi connectivity index (χ4n) is 2.94. The van der Waals surface area contributed by atoms with Crippen LogP contribution in [0.4, 0.5) is 10.1 Å². The maximum absolute atomic E-state index is 13.3. The molecule has 0 saturated carbocycles. The molecule has 1 heterocycles. The van der Waals surface area contributed by atoms with Gasteiger partial charge in [0, 0.05) is 10.7 Å². The van der Waals surface area contributed by atoms with E-state index in [-0.39, 0.29) is 18.1 Å². The lowest BCUT2D eigenvalue weighted by molar-refractivity contribution is 0.101. The second-order valence-electron chi connectivity index (χ2n) is 6.96. The standard InChI is InChI=1S/C24H19ClFN3O2/c1-16-7-10-19(13-21(16)25)27-24(30)23-22(31-15-17-5-3-2-4-6-17)14-29(28-23)20-11-8-18(26)9-12-20/h2-14H,15H2,1H3,(H,27,30). The number of nitrogens with one attached hydrogen (secondary N) is 1. The molecular weight excluding hydrogens is 417 g/mol. The molecule has 5 nitrogen and oxygen atoms in total. The van der Waals surface area contributed by atoms with Crippen LogP contribution in [-0.2, 0) is 6.61 Å². The van der Waals surface area contributed by atoms with Crippen molar-refractivity contribution < 1.29 is 13.9 Å². The van der Waals surface area contributed by atoms with Crippen LogP contribution in [0.3, 0.4) is 0 Å². The van der Waals surface area contributed by atoms with Crippen molar-refractivity contribution in [2.45, 2.75) is 13.5 Å². The number of nitrogens with zero attached hydrogens (tertiary/aromatic N) is 2. The molecular formula is C24H19ClFN3O2. The molecule has 0 aliphatic rings. The van der Waals surface area contributed by atoms with Gasteiger partial charge in [0.05, 0.1) is 11.9 Å². The van der Waals surface area contributed by atoms with E-state index in [0.717, 1.165) is 11.1 Å². The highest BCUT2D eigenvalue weighted by Gasteiger charge is 2.20. The number of aromatic nitrogens is 2. The van der Waals surface area contributed by atoms with Gasteiger partial charge in [-0.1, -0.05) is 48.0 Å². The minimum absolute atomic E-state index is 0.108. The largest absolute Gasteiger partial charge is 0.485 e. The second kappa shape index (κ2) is 9.02. The number of rotatable bonds is 6. The lowest BCUT2D eigenvalue weighted by Crippen LogP contribution is -2.14. The van der Waals surface area contributed by atoms with Gasteiger partial charge in [-0.3, -0.25) is 4.79 Å². The number of hydrogen-bond acceptors (Lipinski definition) is 3. The van der Waals surface area contributed by atoms with Gasteiger partial charge in [0.1, 0.15) is 12.4 Å². The third-order valence-electron chi connectivity index (χ3n) is 4.65. The molecule has 0 saturated heterocycles. The van der Waals surface area contributed by atoms with Crippen molar-refractivity contribution in [2.75, 3.05) is 5.32 Å². The van der Waals surface area contributed by atoms with E-state index in [0.29, 0.717) is 22.1 Å². The molecule has 0 aliphatic carbocycles. The Bertz CT molecular complexity index is 1210. The van der Waals surface area contributed by atoms with Gasteiger partial charge in [0.15, 0.2) is 11.4 Å². The van der Waals surface area contributed by atoms with E-state index < -0.39 is 5.91 Å². The molecule has 1 aromatic heterocycles. The molecule has 1 amide bonds. The SMILES string of the molecule is Cc1ccc(NC(=O)c2nn(-c3ccc(F)cc3)cc2OCc2ccccc2)cc1Cl. The minimum Gasteiger partial charge on any atom is -0.485 e. The molecule has 1 N–H and O–H groups in total. The van der Waals surface area contributed by atoms with Crippen molar-refractivity contribution in [3.63, 3.8) is 0 Å². The molecule has 0 unspecified atom stereocenters. The van der Waals surface area contributed by atoms with E-state index in [9.17, 15) is 9.18 Å². The number of carbonyl (C=O) groups excluding carboxylic acids is 1. The van der Waals surface area contributed by atoms with E-state index in [2.05, 4.69) is 10.4 Å².